The van der Waals surface area contributed by atoms with E-state index in [0.29, 0.717) is 38.0 Å². The average Bonchev–Trinajstić information content (AvgIpc) is 3.69. The van der Waals surface area contributed by atoms with Crippen LogP contribution in [0.2, 0.25) is 0 Å². The third-order valence-corrected chi connectivity index (χ3v) is 7.34. The third kappa shape index (κ3) is 5.65. The van der Waals surface area contributed by atoms with Gasteiger partial charge in [0.2, 0.25) is 0 Å². The van der Waals surface area contributed by atoms with Crippen LogP contribution in [-0.2, 0) is 15.7 Å². The molecule has 2 atom stereocenters. The molecule has 2 unspecified atom stereocenters. The molecule has 7 nitrogen and oxygen atoms in total. The molecule has 1 spiro atoms. The Bertz CT molecular complexity index is 1220. The molecule has 0 aromatic heterocycles. The monoisotopic (exact) mass is 515 g/mol. The van der Waals surface area contributed by atoms with Crippen molar-refractivity contribution in [3.05, 3.63) is 76.6 Å². The van der Waals surface area contributed by atoms with E-state index in [1.165, 1.54) is 12.1 Å². The number of urea groups is 1. The first-order chi connectivity index (χ1) is 17.6. The van der Waals surface area contributed by atoms with E-state index in [2.05, 4.69) is 16.0 Å². The standard InChI is InChI=1S/C27H28F3N3O4/c28-27(29,30)18-2-1-3-19(12-18)32-25(36)33-24(17-6-4-16(5-7-17)20-15-31-20)23-21(34)13-26(14-22(23)35)8-10-37-11-9-26/h1-7,12,20,24,31,34H,8-11,13-15H2,(H2,32,33,36). The first-order valence-corrected chi connectivity index (χ1v) is 12.2. The summed E-state index contributed by atoms with van der Waals surface area (Å²) in [5.74, 6) is -0.335. The van der Waals surface area contributed by atoms with E-state index < -0.39 is 23.8 Å². The number of aliphatic hydroxyl groups is 1. The number of aliphatic hydroxyl groups excluding tert-OH is 1. The summed E-state index contributed by atoms with van der Waals surface area (Å²) < 4.78 is 44.7. The quantitative estimate of drug-likeness (QED) is 0.410. The van der Waals surface area contributed by atoms with Crippen molar-refractivity contribution >= 4 is 17.5 Å². The molecule has 3 aliphatic rings. The number of benzene rings is 2. The van der Waals surface area contributed by atoms with Gasteiger partial charge in [0.1, 0.15) is 5.76 Å². The van der Waals surface area contributed by atoms with E-state index in [9.17, 15) is 27.9 Å². The number of hydrogen-bond acceptors (Lipinski definition) is 5. The first kappa shape index (κ1) is 25.3. The SMILES string of the molecule is O=C(Nc1cccc(C(F)(F)F)c1)NC(C1=C(O)CC2(CCOCC2)CC1=O)c1ccc(C2CN2)cc1. The van der Waals surface area contributed by atoms with Crippen molar-refractivity contribution in [2.75, 3.05) is 25.1 Å². The minimum absolute atomic E-state index is 0.0458. The fraction of sp³-hybridized carbons (Fsp3) is 0.407. The summed E-state index contributed by atoms with van der Waals surface area (Å²) in [6.45, 7) is 1.91. The van der Waals surface area contributed by atoms with Gasteiger partial charge in [-0.3, -0.25) is 4.79 Å². The van der Waals surface area contributed by atoms with Gasteiger partial charge in [-0.1, -0.05) is 30.3 Å². The van der Waals surface area contributed by atoms with Crippen LogP contribution in [0, 0.1) is 5.41 Å². The predicted octanol–water partition coefficient (Wildman–Crippen LogP) is 5.18. The number of Topliss-reactive ketones (excluding diaryl/α,β-unsaturated/α-hetero) is 1. The molecule has 0 saturated carbocycles. The number of alkyl halides is 3. The van der Waals surface area contributed by atoms with Crippen molar-refractivity contribution in [2.24, 2.45) is 5.41 Å². The van der Waals surface area contributed by atoms with Crippen molar-refractivity contribution in [3.63, 3.8) is 0 Å². The number of ketones is 1. The Morgan fingerprint density at radius 3 is 2.43 bits per heavy atom. The van der Waals surface area contributed by atoms with Gasteiger partial charge in [0.05, 0.1) is 17.2 Å². The molecule has 2 aromatic rings. The minimum Gasteiger partial charge on any atom is -0.512 e. The Morgan fingerprint density at radius 1 is 1.11 bits per heavy atom. The van der Waals surface area contributed by atoms with Crippen molar-refractivity contribution in [2.45, 2.75) is 43.9 Å². The number of ether oxygens (including phenoxy) is 1. The first-order valence-electron chi connectivity index (χ1n) is 12.2. The van der Waals surface area contributed by atoms with Gasteiger partial charge in [0.15, 0.2) is 5.78 Å². The predicted molar refractivity (Wildman–Crippen MR) is 130 cm³/mol. The Morgan fingerprint density at radius 2 is 1.81 bits per heavy atom. The Kier molecular flexibility index (Phi) is 6.72. The number of halogens is 3. The molecule has 1 aliphatic carbocycles. The van der Waals surface area contributed by atoms with E-state index in [1.54, 1.807) is 12.1 Å². The zero-order valence-electron chi connectivity index (χ0n) is 20.0. The molecule has 2 amide bonds. The molecule has 2 aliphatic heterocycles. The summed E-state index contributed by atoms with van der Waals surface area (Å²) in [5, 5.41) is 19.4. The average molecular weight is 516 g/mol. The highest BCUT2D eigenvalue weighted by atomic mass is 19.4. The lowest BCUT2D eigenvalue weighted by Crippen LogP contribution is -2.41. The van der Waals surface area contributed by atoms with Crippen LogP contribution in [0.1, 0.15) is 54.5 Å². The van der Waals surface area contributed by atoms with Gasteiger partial charge in [0.25, 0.3) is 0 Å². The molecule has 5 rings (SSSR count). The van der Waals surface area contributed by atoms with Crippen LogP contribution in [0.3, 0.4) is 0 Å². The number of amides is 2. The van der Waals surface area contributed by atoms with E-state index in [0.717, 1.165) is 24.2 Å². The summed E-state index contributed by atoms with van der Waals surface area (Å²) in [4.78, 5) is 26.4. The van der Waals surface area contributed by atoms with Crippen molar-refractivity contribution in [1.82, 2.24) is 10.6 Å². The van der Waals surface area contributed by atoms with E-state index in [4.69, 9.17) is 4.74 Å². The molecular weight excluding hydrogens is 487 g/mol. The molecule has 2 heterocycles. The normalized spacial score (nSPS) is 22.0. The summed E-state index contributed by atoms with van der Waals surface area (Å²) in [6, 6.07) is 10.2. The fourth-order valence-corrected chi connectivity index (χ4v) is 5.20. The number of anilines is 1. The maximum absolute atomic E-state index is 13.4. The highest BCUT2D eigenvalue weighted by Crippen LogP contribution is 2.46. The second kappa shape index (κ2) is 9.83. The van der Waals surface area contributed by atoms with Crippen LogP contribution in [0.25, 0.3) is 0 Å². The van der Waals surface area contributed by atoms with Crippen LogP contribution >= 0.6 is 0 Å². The molecule has 37 heavy (non-hydrogen) atoms. The van der Waals surface area contributed by atoms with Crippen LogP contribution < -0.4 is 16.0 Å². The molecule has 2 fully saturated rings. The number of carbonyl (C=O) groups excluding carboxylic acids is 2. The maximum Gasteiger partial charge on any atom is 0.416 e. The zero-order chi connectivity index (χ0) is 26.2. The summed E-state index contributed by atoms with van der Waals surface area (Å²) in [7, 11) is 0. The Balaban J connectivity index is 1.42. The van der Waals surface area contributed by atoms with Crippen molar-refractivity contribution in [3.8, 4) is 0 Å². The van der Waals surface area contributed by atoms with E-state index in [1.807, 2.05) is 12.1 Å². The summed E-state index contributed by atoms with van der Waals surface area (Å²) >= 11 is 0. The molecule has 196 valence electrons. The zero-order valence-corrected chi connectivity index (χ0v) is 20.0. The Hall–Kier alpha value is -3.37. The fourth-order valence-electron chi connectivity index (χ4n) is 5.20. The number of hydrogen-bond donors (Lipinski definition) is 4. The number of nitrogens with one attached hydrogen (secondary N) is 3. The highest BCUT2D eigenvalue weighted by molar-refractivity contribution is 6.00. The van der Waals surface area contributed by atoms with Gasteiger partial charge in [-0.15, -0.1) is 0 Å². The highest BCUT2D eigenvalue weighted by Gasteiger charge is 2.43. The lowest BCUT2D eigenvalue weighted by atomic mass is 9.67. The molecule has 4 N–H and O–H groups in total. The molecular formula is C27H28F3N3O4. The second-order valence-corrected chi connectivity index (χ2v) is 9.99. The van der Waals surface area contributed by atoms with Gasteiger partial charge in [-0.05, 0) is 47.6 Å². The van der Waals surface area contributed by atoms with Crippen LogP contribution in [0.5, 0.6) is 0 Å². The van der Waals surface area contributed by atoms with Crippen LogP contribution in [0.15, 0.2) is 59.9 Å². The second-order valence-electron chi connectivity index (χ2n) is 9.99. The van der Waals surface area contributed by atoms with Gasteiger partial charge in [-0.2, -0.15) is 13.2 Å². The molecule has 10 heteroatoms. The Labute approximate surface area is 212 Å². The minimum atomic E-state index is -4.56. The smallest absolute Gasteiger partial charge is 0.416 e. The lowest BCUT2D eigenvalue weighted by Gasteiger charge is -2.40. The van der Waals surface area contributed by atoms with Gasteiger partial charge >= 0.3 is 12.2 Å². The number of carbonyl (C=O) groups is 2. The molecule has 2 aromatic carbocycles. The topological polar surface area (TPSA) is 110 Å². The molecule has 2 saturated heterocycles. The van der Waals surface area contributed by atoms with Crippen molar-refractivity contribution in [1.29, 1.82) is 0 Å². The van der Waals surface area contributed by atoms with Crippen LogP contribution in [-0.4, -0.2) is 36.7 Å². The molecule has 0 bridgehead atoms. The van der Waals surface area contributed by atoms with Crippen molar-refractivity contribution < 1.29 is 32.6 Å². The van der Waals surface area contributed by atoms with Crippen LogP contribution in [0.4, 0.5) is 23.7 Å². The summed E-state index contributed by atoms with van der Waals surface area (Å²) in [5.41, 5.74) is 0.446. The van der Waals surface area contributed by atoms with Gasteiger partial charge < -0.3 is 25.8 Å². The van der Waals surface area contributed by atoms with Gasteiger partial charge in [-0.25, -0.2) is 4.79 Å². The summed E-state index contributed by atoms with van der Waals surface area (Å²) in [6.07, 6.45) is -2.71. The lowest BCUT2D eigenvalue weighted by molar-refractivity contribution is -0.137. The van der Waals surface area contributed by atoms with E-state index >= 15 is 0 Å². The maximum atomic E-state index is 13.4. The third-order valence-electron chi connectivity index (χ3n) is 7.34. The number of rotatable bonds is 5. The number of allylic oxidation sites excluding steroid dienone is 1. The van der Waals surface area contributed by atoms with Gasteiger partial charge in [0, 0.05) is 44.3 Å². The van der Waals surface area contributed by atoms with E-state index in [-0.39, 0.29) is 40.7 Å². The molecule has 0 radical (unpaired) electrons. The largest absolute Gasteiger partial charge is 0.512 e.